The highest BCUT2D eigenvalue weighted by Crippen LogP contribution is 2.40. The van der Waals surface area contributed by atoms with E-state index in [4.69, 9.17) is 5.26 Å². The minimum Gasteiger partial charge on any atom is -0.326 e. The summed E-state index contributed by atoms with van der Waals surface area (Å²) < 4.78 is 0. The molecule has 0 aromatic heterocycles. The van der Waals surface area contributed by atoms with E-state index in [9.17, 15) is 9.59 Å². The Labute approximate surface area is 159 Å². The summed E-state index contributed by atoms with van der Waals surface area (Å²) in [5, 5.41) is 14.7. The molecule has 1 saturated carbocycles. The molecule has 1 aliphatic carbocycles. The molecule has 1 fully saturated rings. The summed E-state index contributed by atoms with van der Waals surface area (Å²) in [6.45, 7) is 4.13. The Hall–Kier alpha value is -3.13. The van der Waals surface area contributed by atoms with Crippen molar-refractivity contribution in [3.63, 3.8) is 0 Å². The number of amides is 2. The van der Waals surface area contributed by atoms with Gasteiger partial charge in [0.25, 0.3) is 0 Å². The molecule has 2 N–H and O–H groups in total. The molecule has 0 radical (unpaired) electrons. The first-order valence-corrected chi connectivity index (χ1v) is 9.30. The standard InChI is InChI=1S/C22H23N3O2/c1-3-15-6-5-7-16(4-2)20(15)25-22(27)19-12-18(19)21(26)24-17-10-8-14(13-23)9-11-17/h5-11,18-19H,3-4,12H2,1-2H3,(H,24,26)(H,25,27). The van der Waals surface area contributed by atoms with Gasteiger partial charge in [-0.1, -0.05) is 32.0 Å². The molecular weight excluding hydrogens is 338 g/mol. The lowest BCUT2D eigenvalue weighted by atomic mass is 10.0. The van der Waals surface area contributed by atoms with E-state index in [0.29, 0.717) is 17.7 Å². The summed E-state index contributed by atoms with van der Waals surface area (Å²) >= 11 is 0. The molecule has 138 valence electrons. The van der Waals surface area contributed by atoms with Gasteiger partial charge >= 0.3 is 0 Å². The molecule has 0 spiro atoms. The average molecular weight is 361 g/mol. The van der Waals surface area contributed by atoms with E-state index >= 15 is 0 Å². The molecule has 0 heterocycles. The minimum absolute atomic E-state index is 0.0921. The van der Waals surface area contributed by atoms with Gasteiger partial charge in [0.2, 0.25) is 11.8 Å². The van der Waals surface area contributed by atoms with E-state index in [1.165, 1.54) is 0 Å². The average Bonchev–Trinajstić information content (AvgIpc) is 3.50. The number of anilines is 2. The molecule has 5 nitrogen and oxygen atoms in total. The van der Waals surface area contributed by atoms with Crippen molar-refractivity contribution in [1.29, 1.82) is 5.26 Å². The number of carbonyl (C=O) groups excluding carboxylic acids is 2. The number of nitrogens with zero attached hydrogens (tertiary/aromatic N) is 1. The van der Waals surface area contributed by atoms with Crippen molar-refractivity contribution in [3.8, 4) is 6.07 Å². The van der Waals surface area contributed by atoms with Gasteiger partial charge in [-0.05, 0) is 54.7 Å². The van der Waals surface area contributed by atoms with Crippen LogP contribution in [0.4, 0.5) is 11.4 Å². The normalized spacial score (nSPS) is 17.7. The van der Waals surface area contributed by atoms with Crippen LogP contribution >= 0.6 is 0 Å². The van der Waals surface area contributed by atoms with E-state index in [0.717, 1.165) is 29.7 Å². The Morgan fingerprint density at radius 1 is 0.963 bits per heavy atom. The van der Waals surface area contributed by atoms with Gasteiger partial charge in [0.05, 0.1) is 23.5 Å². The zero-order valence-electron chi connectivity index (χ0n) is 15.6. The number of nitrogens with one attached hydrogen (secondary N) is 2. The topological polar surface area (TPSA) is 82.0 Å². The predicted octanol–water partition coefficient (Wildman–Crippen LogP) is 3.90. The summed E-state index contributed by atoms with van der Waals surface area (Å²) in [6.07, 6.45) is 2.25. The van der Waals surface area contributed by atoms with E-state index in [1.54, 1.807) is 24.3 Å². The van der Waals surface area contributed by atoms with Gasteiger partial charge in [-0.25, -0.2) is 0 Å². The second-order valence-electron chi connectivity index (χ2n) is 6.77. The van der Waals surface area contributed by atoms with Crippen molar-refractivity contribution in [2.45, 2.75) is 33.1 Å². The molecule has 5 heteroatoms. The van der Waals surface area contributed by atoms with Gasteiger partial charge in [-0.15, -0.1) is 0 Å². The van der Waals surface area contributed by atoms with Crippen molar-refractivity contribution >= 4 is 23.2 Å². The second kappa shape index (κ2) is 8.05. The van der Waals surface area contributed by atoms with Crippen molar-refractivity contribution in [2.24, 2.45) is 11.8 Å². The third-order valence-corrected chi connectivity index (χ3v) is 4.99. The third-order valence-electron chi connectivity index (χ3n) is 4.99. The van der Waals surface area contributed by atoms with Crippen LogP contribution in [0, 0.1) is 23.2 Å². The second-order valence-corrected chi connectivity index (χ2v) is 6.77. The number of hydrogen-bond donors (Lipinski definition) is 2. The lowest BCUT2D eigenvalue weighted by Crippen LogP contribution is -2.21. The van der Waals surface area contributed by atoms with Crippen LogP contribution in [-0.2, 0) is 22.4 Å². The summed E-state index contributed by atoms with van der Waals surface area (Å²) in [5.74, 6) is -0.845. The maximum Gasteiger partial charge on any atom is 0.228 e. The summed E-state index contributed by atoms with van der Waals surface area (Å²) in [4.78, 5) is 25.0. The van der Waals surface area contributed by atoms with Gasteiger partial charge in [-0.2, -0.15) is 5.26 Å². The van der Waals surface area contributed by atoms with Crippen molar-refractivity contribution in [3.05, 3.63) is 59.2 Å². The molecule has 2 atom stereocenters. The molecule has 0 aliphatic heterocycles. The fourth-order valence-corrected chi connectivity index (χ4v) is 3.26. The molecule has 2 unspecified atom stereocenters. The Kier molecular flexibility index (Phi) is 5.56. The van der Waals surface area contributed by atoms with Crippen LogP contribution in [0.15, 0.2) is 42.5 Å². The molecule has 1 aliphatic rings. The van der Waals surface area contributed by atoms with E-state index in [2.05, 4.69) is 24.5 Å². The van der Waals surface area contributed by atoms with Crippen molar-refractivity contribution in [2.75, 3.05) is 10.6 Å². The first-order valence-electron chi connectivity index (χ1n) is 9.30. The van der Waals surface area contributed by atoms with Crippen LogP contribution in [-0.4, -0.2) is 11.8 Å². The smallest absolute Gasteiger partial charge is 0.228 e. The number of rotatable bonds is 6. The number of carbonyl (C=O) groups is 2. The monoisotopic (exact) mass is 361 g/mol. The molecule has 0 saturated heterocycles. The maximum absolute atomic E-state index is 12.6. The van der Waals surface area contributed by atoms with E-state index in [1.807, 2.05) is 24.3 Å². The molecule has 3 rings (SSSR count). The first-order chi connectivity index (χ1) is 13.1. The highest BCUT2D eigenvalue weighted by Gasteiger charge is 2.48. The number of para-hydroxylation sites is 1. The van der Waals surface area contributed by atoms with Gasteiger partial charge < -0.3 is 10.6 Å². The van der Waals surface area contributed by atoms with Crippen LogP contribution in [0.2, 0.25) is 0 Å². The minimum atomic E-state index is -0.306. The van der Waals surface area contributed by atoms with E-state index < -0.39 is 0 Å². The Bertz CT molecular complexity index is 875. The van der Waals surface area contributed by atoms with Crippen LogP contribution in [0.5, 0.6) is 0 Å². The van der Waals surface area contributed by atoms with Crippen molar-refractivity contribution in [1.82, 2.24) is 0 Å². The number of nitriles is 1. The Morgan fingerprint density at radius 2 is 1.52 bits per heavy atom. The number of hydrogen-bond acceptors (Lipinski definition) is 3. The van der Waals surface area contributed by atoms with Crippen LogP contribution in [0.3, 0.4) is 0 Å². The zero-order valence-corrected chi connectivity index (χ0v) is 15.6. The Balaban J connectivity index is 1.62. The molecule has 0 bridgehead atoms. The van der Waals surface area contributed by atoms with Crippen LogP contribution < -0.4 is 10.6 Å². The zero-order chi connectivity index (χ0) is 19.4. The molecule has 2 aromatic carbocycles. The first kappa shape index (κ1) is 18.7. The SMILES string of the molecule is CCc1cccc(CC)c1NC(=O)C1CC1C(=O)Nc1ccc(C#N)cc1. The molecule has 2 aromatic rings. The van der Waals surface area contributed by atoms with Crippen LogP contribution in [0.1, 0.15) is 37.0 Å². The lowest BCUT2D eigenvalue weighted by Gasteiger charge is -2.14. The predicted molar refractivity (Wildman–Crippen MR) is 105 cm³/mol. The molecule has 2 amide bonds. The molecular formula is C22H23N3O2. The van der Waals surface area contributed by atoms with Gasteiger partial charge in [0.1, 0.15) is 0 Å². The highest BCUT2D eigenvalue weighted by atomic mass is 16.2. The summed E-state index contributed by atoms with van der Waals surface area (Å²) in [5.41, 5.74) is 4.29. The summed E-state index contributed by atoms with van der Waals surface area (Å²) in [6, 6.07) is 14.8. The van der Waals surface area contributed by atoms with Crippen molar-refractivity contribution < 1.29 is 9.59 Å². The van der Waals surface area contributed by atoms with Crippen LogP contribution in [0.25, 0.3) is 0 Å². The largest absolute Gasteiger partial charge is 0.326 e. The Morgan fingerprint density at radius 3 is 2.04 bits per heavy atom. The fraction of sp³-hybridized carbons (Fsp3) is 0.318. The van der Waals surface area contributed by atoms with Gasteiger partial charge in [0.15, 0.2) is 0 Å². The fourth-order valence-electron chi connectivity index (χ4n) is 3.26. The number of aryl methyl sites for hydroxylation is 2. The van der Waals surface area contributed by atoms with E-state index in [-0.39, 0.29) is 23.7 Å². The maximum atomic E-state index is 12.6. The summed E-state index contributed by atoms with van der Waals surface area (Å²) in [7, 11) is 0. The quantitative estimate of drug-likeness (QED) is 0.819. The van der Waals surface area contributed by atoms with Gasteiger partial charge in [-0.3, -0.25) is 9.59 Å². The van der Waals surface area contributed by atoms with Gasteiger partial charge in [0, 0.05) is 11.4 Å². The third kappa shape index (κ3) is 4.17. The highest BCUT2D eigenvalue weighted by molar-refractivity contribution is 6.03. The number of benzene rings is 2. The lowest BCUT2D eigenvalue weighted by molar-refractivity contribution is -0.122. The molecule has 27 heavy (non-hydrogen) atoms.